The van der Waals surface area contributed by atoms with Crippen LogP contribution in [-0.2, 0) is 0 Å². The van der Waals surface area contributed by atoms with Crippen LogP contribution in [0, 0.1) is 0 Å². The molecule has 0 saturated carbocycles. The molecule has 2 aromatic rings. The summed E-state index contributed by atoms with van der Waals surface area (Å²) in [6, 6.07) is 12.6. The quantitative estimate of drug-likeness (QED) is 0.625. The number of nitrogens with two attached hydrogens (primary N) is 1. The number of thioether (sulfide) groups is 1. The molecule has 20 heavy (non-hydrogen) atoms. The maximum Gasteiger partial charge on any atom is 0.262 e. The van der Waals surface area contributed by atoms with Crippen molar-refractivity contribution in [3.8, 4) is 5.75 Å². The molecule has 0 radical (unpaired) electrons. The summed E-state index contributed by atoms with van der Waals surface area (Å²) >= 11 is 1.73. The summed E-state index contributed by atoms with van der Waals surface area (Å²) in [7, 11) is 0. The van der Waals surface area contributed by atoms with Crippen LogP contribution in [0.1, 0.15) is 10.4 Å². The molecule has 1 heterocycles. The van der Waals surface area contributed by atoms with E-state index >= 15 is 0 Å². The highest BCUT2D eigenvalue weighted by atomic mass is 32.2. The third kappa shape index (κ3) is 2.10. The van der Waals surface area contributed by atoms with Gasteiger partial charge in [-0.1, -0.05) is 18.2 Å². The van der Waals surface area contributed by atoms with E-state index in [1.807, 2.05) is 24.3 Å². The Morgan fingerprint density at radius 1 is 1.20 bits per heavy atom. The molecular formula is C15H14N2O2S. The molecule has 0 fully saturated rings. The number of benzene rings is 2. The summed E-state index contributed by atoms with van der Waals surface area (Å²) in [5, 5.41) is 9.97. The molecule has 2 aromatic carbocycles. The van der Waals surface area contributed by atoms with Crippen molar-refractivity contribution in [2.24, 2.45) is 0 Å². The van der Waals surface area contributed by atoms with Crippen LogP contribution in [0.15, 0.2) is 47.4 Å². The number of fused-ring (bicyclic) bond motifs is 1. The molecule has 0 atom stereocenters. The second-order valence-electron chi connectivity index (χ2n) is 4.52. The summed E-state index contributed by atoms with van der Waals surface area (Å²) < 4.78 is 0. The molecule has 0 aromatic heterocycles. The number of rotatable bonds is 1. The third-order valence-corrected chi connectivity index (χ3v) is 4.31. The van der Waals surface area contributed by atoms with E-state index in [2.05, 4.69) is 0 Å². The third-order valence-electron chi connectivity index (χ3n) is 3.27. The first kappa shape index (κ1) is 12.9. The van der Waals surface area contributed by atoms with E-state index in [0.717, 1.165) is 16.3 Å². The molecule has 1 aliphatic rings. The number of phenolic OH excluding ortho intramolecular Hbond substituents is 1. The molecule has 3 rings (SSSR count). The van der Waals surface area contributed by atoms with Crippen LogP contribution >= 0.6 is 11.8 Å². The van der Waals surface area contributed by atoms with Crippen molar-refractivity contribution in [2.75, 3.05) is 22.9 Å². The fourth-order valence-electron chi connectivity index (χ4n) is 2.26. The van der Waals surface area contributed by atoms with Gasteiger partial charge in [0.05, 0.1) is 16.9 Å². The molecule has 0 bridgehead atoms. The molecule has 0 spiro atoms. The van der Waals surface area contributed by atoms with E-state index in [-0.39, 0.29) is 22.9 Å². The molecule has 0 saturated heterocycles. The number of anilines is 2. The lowest BCUT2D eigenvalue weighted by atomic mass is 10.1. The van der Waals surface area contributed by atoms with Gasteiger partial charge in [0, 0.05) is 17.2 Å². The number of hydrogen-bond acceptors (Lipinski definition) is 4. The Labute approximate surface area is 121 Å². The van der Waals surface area contributed by atoms with Gasteiger partial charge in [0.25, 0.3) is 5.91 Å². The first-order chi connectivity index (χ1) is 9.68. The molecule has 4 nitrogen and oxygen atoms in total. The van der Waals surface area contributed by atoms with Crippen molar-refractivity contribution in [1.82, 2.24) is 0 Å². The van der Waals surface area contributed by atoms with Crippen molar-refractivity contribution in [2.45, 2.75) is 4.90 Å². The Morgan fingerprint density at radius 3 is 2.85 bits per heavy atom. The first-order valence-electron chi connectivity index (χ1n) is 6.29. The van der Waals surface area contributed by atoms with Gasteiger partial charge in [-0.2, -0.15) is 0 Å². The van der Waals surface area contributed by atoms with Crippen molar-refractivity contribution >= 4 is 29.0 Å². The van der Waals surface area contributed by atoms with Crippen LogP contribution in [0.3, 0.4) is 0 Å². The Balaban J connectivity index is 2.02. The number of aromatic hydroxyl groups is 1. The lowest BCUT2D eigenvalue weighted by molar-refractivity contribution is 0.0985. The summed E-state index contributed by atoms with van der Waals surface area (Å²) in [4.78, 5) is 15.4. The highest BCUT2D eigenvalue weighted by Gasteiger charge is 2.25. The number of phenols is 1. The van der Waals surface area contributed by atoms with Gasteiger partial charge < -0.3 is 15.7 Å². The number of para-hydroxylation sites is 2. The van der Waals surface area contributed by atoms with Crippen molar-refractivity contribution in [3.63, 3.8) is 0 Å². The van der Waals surface area contributed by atoms with E-state index in [1.54, 1.807) is 34.9 Å². The maximum atomic E-state index is 12.6. The summed E-state index contributed by atoms with van der Waals surface area (Å²) in [6.07, 6.45) is 0. The van der Waals surface area contributed by atoms with E-state index in [0.29, 0.717) is 6.54 Å². The molecular weight excluding hydrogens is 272 g/mol. The van der Waals surface area contributed by atoms with Crippen LogP contribution in [0.5, 0.6) is 5.75 Å². The summed E-state index contributed by atoms with van der Waals surface area (Å²) in [6.45, 7) is 0.620. The van der Waals surface area contributed by atoms with Gasteiger partial charge >= 0.3 is 0 Å². The topological polar surface area (TPSA) is 66.6 Å². The van der Waals surface area contributed by atoms with Gasteiger partial charge in [0.2, 0.25) is 0 Å². The predicted octanol–water partition coefficient (Wildman–Crippen LogP) is 2.73. The largest absolute Gasteiger partial charge is 0.505 e. The van der Waals surface area contributed by atoms with E-state index in [4.69, 9.17) is 5.73 Å². The number of nitrogens with zero attached hydrogens (tertiary/aromatic N) is 1. The molecule has 102 valence electrons. The Bertz CT molecular complexity index is 673. The predicted molar refractivity (Wildman–Crippen MR) is 81.4 cm³/mol. The lowest BCUT2D eigenvalue weighted by Gasteiger charge is -2.29. The van der Waals surface area contributed by atoms with Gasteiger partial charge in [-0.05, 0) is 24.3 Å². The molecule has 0 unspecified atom stereocenters. The normalized spacial score (nSPS) is 13.9. The minimum Gasteiger partial charge on any atom is -0.505 e. The number of nitrogen functional groups attached to an aromatic ring is 1. The highest BCUT2D eigenvalue weighted by molar-refractivity contribution is 7.99. The molecule has 0 aliphatic carbocycles. The van der Waals surface area contributed by atoms with Gasteiger partial charge in [0.15, 0.2) is 5.75 Å². The molecule has 5 heteroatoms. The second-order valence-corrected chi connectivity index (χ2v) is 5.65. The molecule has 1 aliphatic heterocycles. The minimum atomic E-state index is -0.220. The Hall–Kier alpha value is -2.14. The van der Waals surface area contributed by atoms with Crippen molar-refractivity contribution in [3.05, 3.63) is 48.0 Å². The fourth-order valence-corrected chi connectivity index (χ4v) is 3.25. The number of carbonyl (C=O) groups excluding carboxylic acids is 1. The number of carbonyl (C=O) groups is 1. The monoisotopic (exact) mass is 286 g/mol. The average molecular weight is 286 g/mol. The number of amides is 1. The Morgan fingerprint density at radius 2 is 2.00 bits per heavy atom. The van der Waals surface area contributed by atoms with E-state index in [1.165, 1.54) is 0 Å². The smallest absolute Gasteiger partial charge is 0.262 e. The minimum absolute atomic E-state index is 0.145. The van der Waals surface area contributed by atoms with E-state index < -0.39 is 0 Å². The zero-order valence-electron chi connectivity index (χ0n) is 10.7. The molecule has 3 N–H and O–H groups in total. The van der Waals surface area contributed by atoms with Gasteiger partial charge in [-0.25, -0.2) is 0 Å². The summed E-state index contributed by atoms with van der Waals surface area (Å²) in [5.41, 5.74) is 7.00. The zero-order valence-corrected chi connectivity index (χ0v) is 11.6. The molecule has 1 amide bonds. The van der Waals surface area contributed by atoms with Crippen LogP contribution in [0.2, 0.25) is 0 Å². The van der Waals surface area contributed by atoms with Crippen LogP contribution in [-0.4, -0.2) is 23.3 Å². The fraction of sp³-hybridized carbons (Fsp3) is 0.133. The number of hydrogen-bond donors (Lipinski definition) is 2. The first-order valence-corrected chi connectivity index (χ1v) is 7.28. The van der Waals surface area contributed by atoms with Crippen LogP contribution in [0.25, 0.3) is 0 Å². The summed E-state index contributed by atoms with van der Waals surface area (Å²) in [5.74, 6) is 0.474. The van der Waals surface area contributed by atoms with Crippen LogP contribution < -0.4 is 10.6 Å². The standard InChI is InChI=1S/C15H14N2O2S/c16-11-5-3-4-10(14(11)18)15(19)17-8-9-20-13-7-2-1-6-12(13)17/h1-7,18H,8-9,16H2. The highest BCUT2D eigenvalue weighted by Crippen LogP contribution is 2.36. The van der Waals surface area contributed by atoms with Gasteiger partial charge in [0.1, 0.15) is 0 Å². The van der Waals surface area contributed by atoms with E-state index in [9.17, 15) is 9.90 Å². The Kier molecular flexibility index (Phi) is 3.28. The average Bonchev–Trinajstić information content (AvgIpc) is 2.49. The van der Waals surface area contributed by atoms with Gasteiger partial charge in [-0.3, -0.25) is 4.79 Å². The van der Waals surface area contributed by atoms with Crippen LogP contribution in [0.4, 0.5) is 11.4 Å². The lowest BCUT2D eigenvalue weighted by Crippen LogP contribution is -2.35. The van der Waals surface area contributed by atoms with Gasteiger partial charge in [-0.15, -0.1) is 11.8 Å². The van der Waals surface area contributed by atoms with Crippen molar-refractivity contribution in [1.29, 1.82) is 0 Å². The zero-order chi connectivity index (χ0) is 14.1. The SMILES string of the molecule is Nc1cccc(C(=O)N2CCSc3ccccc32)c1O. The maximum absolute atomic E-state index is 12.6. The second kappa shape index (κ2) is 5.09. The van der Waals surface area contributed by atoms with Crippen molar-refractivity contribution < 1.29 is 9.90 Å².